The van der Waals surface area contributed by atoms with E-state index < -0.39 is 0 Å². The highest BCUT2D eigenvalue weighted by molar-refractivity contribution is 5.94. The number of hydrogen-bond acceptors (Lipinski definition) is 2. The van der Waals surface area contributed by atoms with Crippen LogP contribution in [-0.4, -0.2) is 15.3 Å². The minimum Gasteiger partial charge on any atom is -0.323 e. The lowest BCUT2D eigenvalue weighted by atomic mass is 10.1. The van der Waals surface area contributed by atoms with Gasteiger partial charge >= 0.3 is 0 Å². The van der Waals surface area contributed by atoms with E-state index in [0.29, 0.717) is 18.5 Å². The van der Waals surface area contributed by atoms with Crippen LogP contribution in [-0.2, 0) is 11.2 Å². The van der Waals surface area contributed by atoms with Crippen molar-refractivity contribution in [1.29, 1.82) is 0 Å². The Morgan fingerprint density at radius 2 is 2.18 bits per heavy atom. The monoisotopic (exact) mass is 297 g/mol. The van der Waals surface area contributed by atoms with E-state index in [-0.39, 0.29) is 11.7 Å². The summed E-state index contributed by atoms with van der Waals surface area (Å²) >= 11 is 0. The highest BCUT2D eigenvalue weighted by atomic mass is 19.1. The van der Waals surface area contributed by atoms with Crippen molar-refractivity contribution in [2.75, 3.05) is 5.32 Å². The van der Waals surface area contributed by atoms with Gasteiger partial charge in [-0.1, -0.05) is 12.1 Å². The van der Waals surface area contributed by atoms with Crippen molar-refractivity contribution in [3.63, 3.8) is 0 Å². The molecule has 4 nitrogen and oxygen atoms in total. The Morgan fingerprint density at radius 1 is 1.32 bits per heavy atom. The molecule has 0 fully saturated rings. The number of anilines is 1. The summed E-state index contributed by atoms with van der Waals surface area (Å²) in [6, 6.07) is 9.99. The number of amides is 1. The van der Waals surface area contributed by atoms with Gasteiger partial charge in [0, 0.05) is 18.8 Å². The van der Waals surface area contributed by atoms with E-state index in [9.17, 15) is 9.18 Å². The summed E-state index contributed by atoms with van der Waals surface area (Å²) < 4.78 is 15.0. The second kappa shape index (κ2) is 5.97. The SMILES string of the molecule is Cc1cn2cccc(NC(=O)CCc3cccc(F)c3)c2n1. The molecule has 1 amide bonds. The number of aryl methyl sites for hydroxylation is 2. The molecule has 0 aliphatic rings. The molecule has 0 bridgehead atoms. The van der Waals surface area contributed by atoms with Gasteiger partial charge in [-0.25, -0.2) is 9.37 Å². The summed E-state index contributed by atoms with van der Waals surface area (Å²) in [5.41, 5.74) is 3.10. The fraction of sp³-hybridized carbons (Fsp3) is 0.176. The molecule has 22 heavy (non-hydrogen) atoms. The summed E-state index contributed by atoms with van der Waals surface area (Å²) in [5.74, 6) is -0.395. The highest BCUT2D eigenvalue weighted by Gasteiger charge is 2.08. The van der Waals surface area contributed by atoms with E-state index in [2.05, 4.69) is 10.3 Å². The van der Waals surface area contributed by atoms with Crippen molar-refractivity contribution < 1.29 is 9.18 Å². The summed E-state index contributed by atoms with van der Waals surface area (Å²) in [6.07, 6.45) is 4.58. The molecular weight excluding hydrogens is 281 g/mol. The van der Waals surface area contributed by atoms with Gasteiger partial charge in [0.05, 0.1) is 11.4 Å². The van der Waals surface area contributed by atoms with Gasteiger partial charge in [0.1, 0.15) is 5.82 Å². The van der Waals surface area contributed by atoms with Crippen LogP contribution >= 0.6 is 0 Å². The lowest BCUT2D eigenvalue weighted by Crippen LogP contribution is -2.13. The van der Waals surface area contributed by atoms with Gasteiger partial charge in [0.25, 0.3) is 0 Å². The summed E-state index contributed by atoms with van der Waals surface area (Å²) in [7, 11) is 0. The summed E-state index contributed by atoms with van der Waals surface area (Å²) in [5, 5.41) is 2.87. The quantitative estimate of drug-likeness (QED) is 0.802. The number of carbonyl (C=O) groups excluding carboxylic acids is 1. The number of nitrogens with zero attached hydrogens (tertiary/aromatic N) is 2. The lowest BCUT2D eigenvalue weighted by molar-refractivity contribution is -0.116. The largest absolute Gasteiger partial charge is 0.323 e. The van der Waals surface area contributed by atoms with Crippen molar-refractivity contribution in [3.8, 4) is 0 Å². The predicted molar refractivity (Wildman–Crippen MR) is 83.3 cm³/mol. The van der Waals surface area contributed by atoms with Gasteiger partial charge < -0.3 is 9.72 Å². The number of pyridine rings is 1. The molecule has 1 aromatic carbocycles. The second-order valence-corrected chi connectivity index (χ2v) is 5.21. The number of rotatable bonds is 4. The molecule has 1 N–H and O–H groups in total. The van der Waals surface area contributed by atoms with Crippen molar-refractivity contribution in [3.05, 3.63) is 65.9 Å². The molecule has 2 aromatic heterocycles. The molecule has 0 saturated heterocycles. The first-order valence-electron chi connectivity index (χ1n) is 7.10. The maximum Gasteiger partial charge on any atom is 0.224 e. The standard InChI is InChI=1S/C17H16FN3O/c1-12-11-21-9-3-6-15(17(21)19-12)20-16(22)8-7-13-4-2-5-14(18)10-13/h2-6,9-11H,7-8H2,1H3,(H,20,22). The first-order valence-corrected chi connectivity index (χ1v) is 7.10. The molecule has 0 atom stereocenters. The van der Waals surface area contributed by atoms with E-state index in [1.54, 1.807) is 6.07 Å². The Balaban J connectivity index is 1.68. The van der Waals surface area contributed by atoms with Gasteiger partial charge in [0.2, 0.25) is 5.91 Å². The molecule has 0 saturated carbocycles. The third kappa shape index (κ3) is 3.14. The van der Waals surface area contributed by atoms with Crippen LogP contribution in [0, 0.1) is 12.7 Å². The van der Waals surface area contributed by atoms with Crippen LogP contribution in [0.2, 0.25) is 0 Å². The fourth-order valence-corrected chi connectivity index (χ4v) is 2.40. The van der Waals surface area contributed by atoms with Crippen LogP contribution in [0.15, 0.2) is 48.8 Å². The van der Waals surface area contributed by atoms with Crippen LogP contribution in [0.5, 0.6) is 0 Å². The smallest absolute Gasteiger partial charge is 0.224 e. The highest BCUT2D eigenvalue weighted by Crippen LogP contribution is 2.16. The lowest BCUT2D eigenvalue weighted by Gasteiger charge is -2.06. The normalized spacial score (nSPS) is 10.8. The van der Waals surface area contributed by atoms with Crippen LogP contribution < -0.4 is 5.32 Å². The molecule has 0 aliphatic carbocycles. The zero-order valence-corrected chi connectivity index (χ0v) is 12.2. The Morgan fingerprint density at radius 3 is 3.00 bits per heavy atom. The van der Waals surface area contributed by atoms with E-state index >= 15 is 0 Å². The van der Waals surface area contributed by atoms with E-state index in [1.807, 2.05) is 41.9 Å². The number of hydrogen-bond donors (Lipinski definition) is 1. The van der Waals surface area contributed by atoms with Gasteiger partial charge in [-0.05, 0) is 43.2 Å². The molecule has 3 aromatic rings. The number of carbonyl (C=O) groups is 1. The van der Waals surface area contributed by atoms with E-state index in [4.69, 9.17) is 0 Å². The van der Waals surface area contributed by atoms with Gasteiger partial charge in [-0.2, -0.15) is 0 Å². The Kier molecular flexibility index (Phi) is 3.87. The fourth-order valence-electron chi connectivity index (χ4n) is 2.40. The van der Waals surface area contributed by atoms with Crippen LogP contribution in [0.25, 0.3) is 5.65 Å². The maximum atomic E-state index is 13.1. The average molecular weight is 297 g/mol. The topological polar surface area (TPSA) is 46.4 Å². The summed E-state index contributed by atoms with van der Waals surface area (Å²) in [4.78, 5) is 16.5. The molecule has 3 rings (SSSR count). The third-order valence-corrected chi connectivity index (χ3v) is 3.41. The van der Waals surface area contributed by atoms with Crippen molar-refractivity contribution >= 4 is 17.2 Å². The minimum absolute atomic E-state index is 0.113. The zero-order valence-electron chi connectivity index (χ0n) is 12.2. The van der Waals surface area contributed by atoms with E-state index in [0.717, 1.165) is 16.9 Å². The molecular formula is C17H16FN3O. The van der Waals surface area contributed by atoms with Crippen LogP contribution in [0.4, 0.5) is 10.1 Å². The average Bonchev–Trinajstić information content (AvgIpc) is 2.87. The van der Waals surface area contributed by atoms with Crippen molar-refractivity contribution in [1.82, 2.24) is 9.38 Å². The molecule has 112 valence electrons. The van der Waals surface area contributed by atoms with Crippen molar-refractivity contribution in [2.45, 2.75) is 19.8 Å². The Bertz CT molecular complexity index is 826. The third-order valence-electron chi connectivity index (χ3n) is 3.41. The Hall–Kier alpha value is -2.69. The van der Waals surface area contributed by atoms with Gasteiger partial charge in [-0.3, -0.25) is 4.79 Å². The molecule has 0 aliphatic heterocycles. The molecule has 0 radical (unpaired) electrons. The first kappa shape index (κ1) is 14.3. The van der Waals surface area contributed by atoms with Gasteiger partial charge in [-0.15, -0.1) is 0 Å². The first-order chi connectivity index (χ1) is 10.6. The molecule has 0 spiro atoms. The number of benzene rings is 1. The maximum absolute atomic E-state index is 13.1. The molecule has 0 unspecified atom stereocenters. The van der Waals surface area contributed by atoms with Crippen molar-refractivity contribution in [2.24, 2.45) is 0 Å². The van der Waals surface area contributed by atoms with Crippen LogP contribution in [0.3, 0.4) is 0 Å². The number of fused-ring (bicyclic) bond motifs is 1. The zero-order chi connectivity index (χ0) is 15.5. The second-order valence-electron chi connectivity index (χ2n) is 5.21. The molecule has 5 heteroatoms. The predicted octanol–water partition coefficient (Wildman–Crippen LogP) is 3.35. The number of nitrogens with one attached hydrogen (secondary N) is 1. The Labute approximate surface area is 127 Å². The minimum atomic E-state index is -0.282. The molecule has 2 heterocycles. The number of aromatic nitrogens is 2. The summed E-state index contributed by atoms with van der Waals surface area (Å²) in [6.45, 7) is 1.91. The van der Waals surface area contributed by atoms with E-state index in [1.165, 1.54) is 12.1 Å². The van der Waals surface area contributed by atoms with Crippen LogP contribution in [0.1, 0.15) is 17.7 Å². The van der Waals surface area contributed by atoms with Gasteiger partial charge in [0.15, 0.2) is 5.65 Å². The number of halogens is 1. The number of imidazole rings is 1.